The molecule has 0 aliphatic heterocycles. The lowest BCUT2D eigenvalue weighted by molar-refractivity contribution is -0.383. The summed E-state index contributed by atoms with van der Waals surface area (Å²) in [5, 5.41) is 16.0. The summed E-state index contributed by atoms with van der Waals surface area (Å²) >= 11 is 0. The molecule has 0 saturated carbocycles. The molecule has 0 amide bonds. The summed E-state index contributed by atoms with van der Waals surface area (Å²) in [6.07, 6.45) is 3.37. The number of nitro groups is 1. The number of aryl methyl sites for hydroxylation is 1. The first-order valence-corrected chi connectivity index (χ1v) is 5.71. The van der Waals surface area contributed by atoms with E-state index in [-0.39, 0.29) is 5.69 Å². The lowest BCUT2D eigenvalue weighted by Gasteiger charge is -2.06. The van der Waals surface area contributed by atoms with E-state index < -0.39 is 4.92 Å². The average molecular weight is 254 g/mol. The van der Waals surface area contributed by atoms with Gasteiger partial charge in [-0.05, 0) is 31.2 Å². The van der Waals surface area contributed by atoms with E-state index in [9.17, 15) is 10.1 Å². The zero-order valence-electron chi connectivity index (χ0n) is 10.1. The summed E-state index contributed by atoms with van der Waals surface area (Å²) in [5.74, 6) is 0. The second-order valence-corrected chi connectivity index (χ2v) is 4.16. The van der Waals surface area contributed by atoms with E-state index in [0.29, 0.717) is 10.9 Å². The zero-order valence-corrected chi connectivity index (χ0v) is 10.1. The molecule has 3 rings (SSSR count). The molecule has 0 aliphatic carbocycles. The van der Waals surface area contributed by atoms with Crippen LogP contribution >= 0.6 is 0 Å². The quantitative estimate of drug-likeness (QED) is 0.520. The van der Waals surface area contributed by atoms with Crippen LogP contribution in [0.15, 0.2) is 42.7 Å². The molecule has 6 nitrogen and oxygen atoms in total. The van der Waals surface area contributed by atoms with Gasteiger partial charge in [0.2, 0.25) is 0 Å². The Hall–Kier alpha value is -2.76. The highest BCUT2D eigenvalue weighted by Gasteiger charge is 2.16. The molecular formula is C13H10N4O2. The van der Waals surface area contributed by atoms with E-state index in [1.54, 1.807) is 23.0 Å². The fourth-order valence-electron chi connectivity index (χ4n) is 2.04. The van der Waals surface area contributed by atoms with Crippen molar-refractivity contribution in [1.82, 2.24) is 14.8 Å². The normalized spacial score (nSPS) is 10.8. The minimum atomic E-state index is -0.423. The van der Waals surface area contributed by atoms with Gasteiger partial charge >= 0.3 is 0 Å². The number of rotatable bonds is 2. The van der Waals surface area contributed by atoms with Crippen LogP contribution in [0, 0.1) is 17.0 Å². The maximum Gasteiger partial charge on any atom is 0.295 e. The number of hydrogen-bond acceptors (Lipinski definition) is 4. The van der Waals surface area contributed by atoms with Gasteiger partial charge in [-0.25, -0.2) is 9.67 Å². The van der Waals surface area contributed by atoms with Crippen LogP contribution in [0.25, 0.3) is 16.6 Å². The van der Waals surface area contributed by atoms with E-state index in [1.165, 1.54) is 6.07 Å². The molecule has 3 aromatic rings. The maximum atomic E-state index is 11.0. The molecule has 0 saturated heterocycles. The summed E-state index contributed by atoms with van der Waals surface area (Å²) in [6.45, 7) is 1.89. The van der Waals surface area contributed by atoms with Crippen LogP contribution in [0.2, 0.25) is 0 Å². The second kappa shape index (κ2) is 4.16. The Labute approximate surface area is 108 Å². The lowest BCUT2D eigenvalue weighted by atomic mass is 10.1. The van der Waals surface area contributed by atoms with Crippen molar-refractivity contribution in [2.24, 2.45) is 0 Å². The van der Waals surface area contributed by atoms with E-state index in [0.717, 1.165) is 11.4 Å². The Balaban J connectivity index is 2.34. The molecule has 0 bridgehead atoms. The molecule has 0 spiro atoms. The topological polar surface area (TPSA) is 73.8 Å². The molecular weight excluding hydrogens is 244 g/mol. The summed E-state index contributed by atoms with van der Waals surface area (Å²) in [7, 11) is 0. The zero-order chi connectivity index (χ0) is 13.4. The standard InChI is InChI=1S/C13H10N4O2/c1-9-6-8-16(15-9)11-4-5-12(17(18)19)13-10(11)3-2-7-14-13/h2-8H,1H3. The van der Waals surface area contributed by atoms with Gasteiger partial charge in [0.1, 0.15) is 5.52 Å². The summed E-state index contributed by atoms with van der Waals surface area (Å²) < 4.78 is 1.70. The first-order valence-electron chi connectivity index (χ1n) is 5.71. The van der Waals surface area contributed by atoms with E-state index >= 15 is 0 Å². The van der Waals surface area contributed by atoms with E-state index in [4.69, 9.17) is 0 Å². The van der Waals surface area contributed by atoms with Gasteiger partial charge in [-0.2, -0.15) is 5.10 Å². The number of aromatic nitrogens is 3. The molecule has 0 radical (unpaired) electrons. The number of nitro benzene ring substituents is 1. The number of fused-ring (bicyclic) bond motifs is 1. The lowest BCUT2D eigenvalue weighted by Crippen LogP contribution is -1.99. The molecule has 19 heavy (non-hydrogen) atoms. The van der Waals surface area contributed by atoms with Crippen molar-refractivity contribution in [3.63, 3.8) is 0 Å². The van der Waals surface area contributed by atoms with Crippen molar-refractivity contribution in [3.05, 3.63) is 58.5 Å². The van der Waals surface area contributed by atoms with Crippen molar-refractivity contribution >= 4 is 16.6 Å². The van der Waals surface area contributed by atoms with Crippen LogP contribution in [-0.4, -0.2) is 19.7 Å². The van der Waals surface area contributed by atoms with Gasteiger partial charge in [0, 0.05) is 23.8 Å². The summed E-state index contributed by atoms with van der Waals surface area (Å²) in [6, 6.07) is 8.59. The predicted octanol–water partition coefficient (Wildman–Crippen LogP) is 2.64. The largest absolute Gasteiger partial charge is 0.295 e. The first kappa shape index (κ1) is 11.3. The Morgan fingerprint density at radius 2 is 2.11 bits per heavy atom. The average Bonchev–Trinajstić information content (AvgIpc) is 2.83. The van der Waals surface area contributed by atoms with Crippen molar-refractivity contribution in [1.29, 1.82) is 0 Å². The highest BCUT2D eigenvalue weighted by Crippen LogP contribution is 2.28. The second-order valence-electron chi connectivity index (χ2n) is 4.16. The van der Waals surface area contributed by atoms with E-state index in [1.807, 2.05) is 25.3 Å². The van der Waals surface area contributed by atoms with Gasteiger partial charge in [-0.15, -0.1) is 0 Å². The van der Waals surface area contributed by atoms with Crippen LogP contribution in [0.5, 0.6) is 0 Å². The first-order chi connectivity index (χ1) is 9.16. The van der Waals surface area contributed by atoms with Gasteiger partial charge in [0.25, 0.3) is 5.69 Å². The minimum absolute atomic E-state index is 0.00299. The van der Waals surface area contributed by atoms with E-state index in [2.05, 4.69) is 10.1 Å². The molecule has 94 valence electrons. The third-order valence-electron chi connectivity index (χ3n) is 2.89. The molecule has 2 heterocycles. The van der Waals surface area contributed by atoms with Crippen LogP contribution in [0.1, 0.15) is 5.69 Å². The molecule has 0 aliphatic rings. The molecule has 0 N–H and O–H groups in total. The molecule has 6 heteroatoms. The predicted molar refractivity (Wildman–Crippen MR) is 70.3 cm³/mol. The third-order valence-corrected chi connectivity index (χ3v) is 2.89. The number of pyridine rings is 1. The number of non-ortho nitro benzene ring substituents is 1. The SMILES string of the molecule is Cc1ccn(-c2ccc([N+](=O)[O-])c3ncccc23)n1. The van der Waals surface area contributed by atoms with Crippen LogP contribution in [-0.2, 0) is 0 Å². The maximum absolute atomic E-state index is 11.0. The molecule has 0 fully saturated rings. The van der Waals surface area contributed by atoms with Gasteiger partial charge in [-0.1, -0.05) is 0 Å². The third kappa shape index (κ3) is 1.83. The van der Waals surface area contributed by atoms with Gasteiger partial charge < -0.3 is 0 Å². The molecule has 0 unspecified atom stereocenters. The van der Waals surface area contributed by atoms with Crippen molar-refractivity contribution in [2.45, 2.75) is 6.92 Å². The van der Waals surface area contributed by atoms with Gasteiger partial charge in [0.15, 0.2) is 0 Å². The number of nitrogens with zero attached hydrogens (tertiary/aromatic N) is 4. The van der Waals surface area contributed by atoms with Crippen molar-refractivity contribution in [3.8, 4) is 5.69 Å². The molecule has 0 atom stereocenters. The van der Waals surface area contributed by atoms with Gasteiger partial charge in [0.05, 0.1) is 16.3 Å². The fraction of sp³-hybridized carbons (Fsp3) is 0.0769. The Bertz CT molecular complexity index is 779. The smallest absolute Gasteiger partial charge is 0.258 e. The number of benzene rings is 1. The summed E-state index contributed by atoms with van der Waals surface area (Å²) in [4.78, 5) is 14.7. The highest BCUT2D eigenvalue weighted by molar-refractivity contribution is 5.93. The molecule has 2 aromatic heterocycles. The Morgan fingerprint density at radius 3 is 2.79 bits per heavy atom. The van der Waals surface area contributed by atoms with Crippen molar-refractivity contribution in [2.75, 3.05) is 0 Å². The Morgan fingerprint density at radius 1 is 1.26 bits per heavy atom. The highest BCUT2D eigenvalue weighted by atomic mass is 16.6. The summed E-state index contributed by atoms with van der Waals surface area (Å²) in [5.41, 5.74) is 2.04. The monoisotopic (exact) mass is 254 g/mol. The van der Waals surface area contributed by atoms with Crippen LogP contribution in [0.4, 0.5) is 5.69 Å². The number of hydrogen-bond donors (Lipinski definition) is 0. The van der Waals surface area contributed by atoms with Crippen molar-refractivity contribution < 1.29 is 4.92 Å². The van der Waals surface area contributed by atoms with Crippen LogP contribution in [0.3, 0.4) is 0 Å². The fourth-order valence-corrected chi connectivity index (χ4v) is 2.04. The van der Waals surface area contributed by atoms with Gasteiger partial charge in [-0.3, -0.25) is 10.1 Å². The minimum Gasteiger partial charge on any atom is -0.258 e. The van der Waals surface area contributed by atoms with Crippen LogP contribution < -0.4 is 0 Å². The molecule has 1 aromatic carbocycles. The Kier molecular flexibility index (Phi) is 2.49.